The van der Waals surface area contributed by atoms with E-state index in [9.17, 15) is 4.79 Å². The number of carboxylic acids is 1. The van der Waals surface area contributed by atoms with Crippen LogP contribution in [0.1, 0.15) is 5.69 Å². The van der Waals surface area contributed by atoms with E-state index in [0.717, 1.165) is 24.7 Å². The molecule has 15 heavy (non-hydrogen) atoms. The third-order valence-electron chi connectivity index (χ3n) is 1.81. The molecule has 0 spiro atoms. The van der Waals surface area contributed by atoms with Crippen molar-refractivity contribution in [3.63, 3.8) is 0 Å². The van der Waals surface area contributed by atoms with Gasteiger partial charge < -0.3 is 10.4 Å². The molecule has 1 aromatic heterocycles. The van der Waals surface area contributed by atoms with Crippen molar-refractivity contribution in [3.05, 3.63) is 42.2 Å². The van der Waals surface area contributed by atoms with Crippen LogP contribution in [0.2, 0.25) is 0 Å². The third kappa shape index (κ3) is 5.59. The maximum atomic E-state index is 10.1. The number of pyridine rings is 1. The average molecular weight is 206 g/mol. The molecule has 0 aliphatic heterocycles. The van der Waals surface area contributed by atoms with Crippen LogP contribution in [-0.2, 0) is 11.2 Å². The number of aromatic nitrogens is 1. The van der Waals surface area contributed by atoms with Crippen LogP contribution in [0.25, 0.3) is 0 Å². The van der Waals surface area contributed by atoms with Gasteiger partial charge >= 0.3 is 5.97 Å². The highest BCUT2D eigenvalue weighted by atomic mass is 16.4. The SMILES string of the molecule is O=C(O)/C=C/CNCCc1ccccn1. The first-order valence-corrected chi connectivity index (χ1v) is 4.79. The summed E-state index contributed by atoms with van der Waals surface area (Å²) in [6, 6.07) is 5.80. The molecule has 80 valence electrons. The molecule has 1 aromatic rings. The largest absolute Gasteiger partial charge is 0.478 e. The van der Waals surface area contributed by atoms with Crippen LogP contribution in [-0.4, -0.2) is 29.1 Å². The fraction of sp³-hybridized carbons (Fsp3) is 0.273. The quantitative estimate of drug-likeness (QED) is 0.535. The molecule has 0 saturated carbocycles. The Hall–Kier alpha value is -1.68. The van der Waals surface area contributed by atoms with Crippen LogP contribution in [0.5, 0.6) is 0 Å². The van der Waals surface area contributed by atoms with Crippen molar-refractivity contribution in [2.45, 2.75) is 6.42 Å². The first-order valence-electron chi connectivity index (χ1n) is 4.79. The number of nitrogens with zero attached hydrogens (tertiary/aromatic N) is 1. The molecule has 0 aromatic carbocycles. The standard InChI is InChI=1S/C11H14N2O2/c14-11(15)5-3-7-12-9-6-10-4-1-2-8-13-10/h1-5,8,12H,6-7,9H2,(H,14,15)/b5-3+. The van der Waals surface area contributed by atoms with Crippen LogP contribution < -0.4 is 5.32 Å². The van der Waals surface area contributed by atoms with Crippen molar-refractivity contribution in [2.75, 3.05) is 13.1 Å². The van der Waals surface area contributed by atoms with E-state index in [4.69, 9.17) is 5.11 Å². The number of hydrogen-bond donors (Lipinski definition) is 2. The molecule has 0 saturated heterocycles. The van der Waals surface area contributed by atoms with Crippen LogP contribution in [0.15, 0.2) is 36.5 Å². The smallest absolute Gasteiger partial charge is 0.328 e. The zero-order valence-electron chi connectivity index (χ0n) is 8.39. The van der Waals surface area contributed by atoms with Crippen molar-refractivity contribution in [2.24, 2.45) is 0 Å². The molecular weight excluding hydrogens is 192 g/mol. The molecule has 4 heteroatoms. The molecule has 0 aliphatic rings. The van der Waals surface area contributed by atoms with Crippen molar-refractivity contribution < 1.29 is 9.90 Å². The molecule has 0 aliphatic carbocycles. The second-order valence-corrected chi connectivity index (χ2v) is 3.02. The second kappa shape index (κ2) is 6.73. The summed E-state index contributed by atoms with van der Waals surface area (Å²) in [5, 5.41) is 11.4. The maximum Gasteiger partial charge on any atom is 0.328 e. The summed E-state index contributed by atoms with van der Waals surface area (Å²) in [4.78, 5) is 14.3. The summed E-state index contributed by atoms with van der Waals surface area (Å²) in [6.07, 6.45) is 5.33. The number of aliphatic carboxylic acids is 1. The number of nitrogens with one attached hydrogen (secondary N) is 1. The molecule has 0 atom stereocenters. The summed E-state index contributed by atoms with van der Waals surface area (Å²) >= 11 is 0. The molecular formula is C11H14N2O2. The molecule has 1 rings (SSSR count). The summed E-state index contributed by atoms with van der Waals surface area (Å²) < 4.78 is 0. The lowest BCUT2D eigenvalue weighted by Crippen LogP contribution is -2.17. The highest BCUT2D eigenvalue weighted by molar-refractivity contribution is 5.79. The van der Waals surface area contributed by atoms with Gasteiger partial charge in [0.25, 0.3) is 0 Å². The van der Waals surface area contributed by atoms with Gasteiger partial charge in [0.15, 0.2) is 0 Å². The van der Waals surface area contributed by atoms with Gasteiger partial charge in [-0.1, -0.05) is 12.1 Å². The third-order valence-corrected chi connectivity index (χ3v) is 1.81. The predicted molar refractivity (Wildman–Crippen MR) is 57.6 cm³/mol. The highest BCUT2D eigenvalue weighted by Crippen LogP contribution is 1.92. The average Bonchev–Trinajstić information content (AvgIpc) is 2.24. The van der Waals surface area contributed by atoms with E-state index in [0.29, 0.717) is 6.54 Å². The summed E-state index contributed by atoms with van der Waals surface area (Å²) in [5.41, 5.74) is 1.03. The van der Waals surface area contributed by atoms with Crippen LogP contribution in [0, 0.1) is 0 Å². The highest BCUT2D eigenvalue weighted by Gasteiger charge is 1.91. The van der Waals surface area contributed by atoms with Crippen molar-refractivity contribution >= 4 is 5.97 Å². The zero-order valence-corrected chi connectivity index (χ0v) is 8.39. The van der Waals surface area contributed by atoms with E-state index in [2.05, 4.69) is 10.3 Å². The van der Waals surface area contributed by atoms with Crippen molar-refractivity contribution in [1.29, 1.82) is 0 Å². The van der Waals surface area contributed by atoms with E-state index in [-0.39, 0.29) is 0 Å². The Kier molecular flexibility index (Phi) is 5.11. The first-order chi connectivity index (χ1) is 7.29. The number of carboxylic acid groups (broad SMARTS) is 1. The minimum absolute atomic E-state index is 0.569. The fourth-order valence-electron chi connectivity index (χ4n) is 1.11. The van der Waals surface area contributed by atoms with E-state index in [1.54, 1.807) is 12.3 Å². The minimum Gasteiger partial charge on any atom is -0.478 e. The van der Waals surface area contributed by atoms with Gasteiger partial charge in [-0.25, -0.2) is 4.79 Å². The molecule has 0 fully saturated rings. The van der Waals surface area contributed by atoms with E-state index in [1.165, 1.54) is 0 Å². The number of hydrogen-bond acceptors (Lipinski definition) is 3. The molecule has 2 N–H and O–H groups in total. The maximum absolute atomic E-state index is 10.1. The minimum atomic E-state index is -0.915. The van der Waals surface area contributed by atoms with Gasteiger partial charge in [-0.15, -0.1) is 0 Å². The topological polar surface area (TPSA) is 62.2 Å². The Bertz CT molecular complexity index is 323. The van der Waals surface area contributed by atoms with Gasteiger partial charge in [0.05, 0.1) is 0 Å². The Morgan fingerprint density at radius 2 is 2.40 bits per heavy atom. The van der Waals surface area contributed by atoms with Gasteiger partial charge in [0.1, 0.15) is 0 Å². The molecule has 0 bridgehead atoms. The lowest BCUT2D eigenvalue weighted by molar-refractivity contribution is -0.131. The van der Waals surface area contributed by atoms with Gasteiger partial charge in [-0.2, -0.15) is 0 Å². The Morgan fingerprint density at radius 3 is 3.07 bits per heavy atom. The summed E-state index contributed by atoms with van der Waals surface area (Å²) in [5.74, 6) is -0.915. The normalized spacial score (nSPS) is 10.7. The van der Waals surface area contributed by atoms with Gasteiger partial charge in [0, 0.05) is 37.5 Å². The second-order valence-electron chi connectivity index (χ2n) is 3.02. The van der Waals surface area contributed by atoms with Gasteiger partial charge in [-0.05, 0) is 12.1 Å². The molecule has 0 radical (unpaired) electrons. The van der Waals surface area contributed by atoms with E-state index in [1.807, 2.05) is 18.2 Å². The van der Waals surface area contributed by atoms with Crippen molar-refractivity contribution in [3.8, 4) is 0 Å². The molecule has 4 nitrogen and oxygen atoms in total. The predicted octanol–water partition coefficient (Wildman–Crippen LogP) is 0.854. The molecule has 0 amide bonds. The number of rotatable bonds is 6. The molecule has 0 unspecified atom stereocenters. The van der Waals surface area contributed by atoms with Crippen LogP contribution in [0.4, 0.5) is 0 Å². The fourth-order valence-corrected chi connectivity index (χ4v) is 1.11. The Balaban J connectivity index is 2.10. The summed E-state index contributed by atoms with van der Waals surface area (Å²) in [6.45, 7) is 1.36. The molecule has 1 heterocycles. The Labute approximate surface area is 88.7 Å². The summed E-state index contributed by atoms with van der Waals surface area (Å²) in [7, 11) is 0. The number of carbonyl (C=O) groups is 1. The monoisotopic (exact) mass is 206 g/mol. The van der Waals surface area contributed by atoms with E-state index < -0.39 is 5.97 Å². The zero-order chi connectivity index (χ0) is 10.9. The van der Waals surface area contributed by atoms with Crippen molar-refractivity contribution in [1.82, 2.24) is 10.3 Å². The Morgan fingerprint density at radius 1 is 1.53 bits per heavy atom. The van der Waals surface area contributed by atoms with Gasteiger partial charge in [-0.3, -0.25) is 4.98 Å². The van der Waals surface area contributed by atoms with Crippen LogP contribution >= 0.6 is 0 Å². The van der Waals surface area contributed by atoms with Crippen LogP contribution in [0.3, 0.4) is 0 Å². The first kappa shape index (κ1) is 11.4. The lowest BCUT2D eigenvalue weighted by atomic mass is 10.3. The van der Waals surface area contributed by atoms with Gasteiger partial charge in [0.2, 0.25) is 0 Å². The van der Waals surface area contributed by atoms with E-state index >= 15 is 0 Å². The lowest BCUT2D eigenvalue weighted by Gasteiger charge is -2.00.